The molecule has 4 aromatic carbocycles. The first-order chi connectivity index (χ1) is 21.5. The topological polar surface area (TPSA) is 60.2 Å². The molecule has 234 valence electrons. The van der Waals surface area contributed by atoms with Crippen molar-refractivity contribution in [2.75, 3.05) is 0 Å². The summed E-state index contributed by atoms with van der Waals surface area (Å²) in [6.07, 6.45) is 1.85. The third-order valence-electron chi connectivity index (χ3n) is 8.39. The molecule has 7 aromatic rings. The molecule has 3 heterocycles. The SMILES string of the molecule is CC(C)(C)c1cc2c(C(C)(C)C)ccc(O)c2nc1Oc1[c-]c2c(cc1)c1ccccc1n2-c1cc(-c2ccccc2)ccn1.[Pt]. The zero-order valence-electron chi connectivity index (χ0n) is 26.8. The minimum Gasteiger partial charge on any atom is -0.506 e. The minimum atomic E-state index is -0.266. The summed E-state index contributed by atoms with van der Waals surface area (Å²) >= 11 is 0. The molecule has 6 heteroatoms. The average molecular weight is 786 g/mol. The summed E-state index contributed by atoms with van der Waals surface area (Å²) in [6, 6.07) is 36.2. The molecule has 5 nitrogen and oxygen atoms in total. The maximum absolute atomic E-state index is 10.9. The van der Waals surface area contributed by atoms with Crippen LogP contribution in [0.5, 0.6) is 17.4 Å². The average Bonchev–Trinajstić information content (AvgIpc) is 3.34. The zero-order chi connectivity index (χ0) is 31.5. The number of benzene rings is 4. The van der Waals surface area contributed by atoms with Gasteiger partial charge in [0.1, 0.15) is 17.1 Å². The summed E-state index contributed by atoms with van der Waals surface area (Å²) in [4.78, 5) is 9.75. The predicted molar refractivity (Wildman–Crippen MR) is 184 cm³/mol. The molecule has 1 N–H and O–H groups in total. The number of fused-ring (bicyclic) bond motifs is 4. The van der Waals surface area contributed by atoms with Crippen molar-refractivity contribution in [3.05, 3.63) is 120 Å². The van der Waals surface area contributed by atoms with Crippen LogP contribution in [0.15, 0.2) is 103 Å². The number of para-hydroxylation sites is 1. The standard InChI is InChI=1S/C40H36N3O2.Pt/c1-39(2,3)31-18-19-35(44)37-30(31)24-32(40(4,5)6)38(42-37)45-27-16-17-29-28-14-10-11-15-33(28)43(34(29)23-27)36-22-26(20-21-41-36)25-12-8-7-9-13-25;/h7-22,24,44H,1-6H3;/q-1;. The van der Waals surface area contributed by atoms with Gasteiger partial charge in [-0.05, 0) is 63.2 Å². The Morgan fingerprint density at radius 3 is 2.15 bits per heavy atom. The van der Waals surface area contributed by atoms with E-state index in [0.717, 1.165) is 55.3 Å². The summed E-state index contributed by atoms with van der Waals surface area (Å²) in [5, 5.41) is 14.0. The Hall–Kier alpha value is -4.47. The molecule has 0 amide bonds. The van der Waals surface area contributed by atoms with Crippen LogP contribution in [0.25, 0.3) is 49.7 Å². The summed E-state index contributed by atoms with van der Waals surface area (Å²) in [5.74, 6) is 1.93. The van der Waals surface area contributed by atoms with Crippen LogP contribution >= 0.6 is 0 Å². The zero-order valence-corrected chi connectivity index (χ0v) is 29.1. The molecular formula is C40H36N3O2Pt-. The van der Waals surface area contributed by atoms with Crippen molar-refractivity contribution in [1.29, 1.82) is 0 Å². The number of pyridine rings is 2. The molecule has 0 radical (unpaired) electrons. The largest absolute Gasteiger partial charge is 0.506 e. The van der Waals surface area contributed by atoms with Crippen LogP contribution in [0.1, 0.15) is 52.7 Å². The summed E-state index contributed by atoms with van der Waals surface area (Å²) in [6.45, 7) is 13.0. The van der Waals surface area contributed by atoms with Crippen molar-refractivity contribution >= 4 is 32.7 Å². The van der Waals surface area contributed by atoms with Gasteiger partial charge < -0.3 is 14.4 Å². The summed E-state index contributed by atoms with van der Waals surface area (Å²) in [7, 11) is 0. The maximum Gasteiger partial charge on any atom is 0.221 e. The van der Waals surface area contributed by atoms with E-state index in [0.29, 0.717) is 17.1 Å². The van der Waals surface area contributed by atoms with E-state index in [2.05, 4.69) is 101 Å². The Morgan fingerprint density at radius 1 is 0.696 bits per heavy atom. The van der Waals surface area contributed by atoms with Gasteiger partial charge in [-0.25, -0.2) is 9.97 Å². The summed E-state index contributed by atoms with van der Waals surface area (Å²) in [5.41, 5.74) is 6.34. The van der Waals surface area contributed by atoms with Crippen molar-refractivity contribution in [2.45, 2.75) is 52.4 Å². The molecule has 0 aliphatic heterocycles. The third kappa shape index (κ3) is 5.58. The van der Waals surface area contributed by atoms with E-state index in [4.69, 9.17) is 14.7 Å². The number of hydrogen-bond acceptors (Lipinski definition) is 4. The van der Waals surface area contributed by atoms with Crippen molar-refractivity contribution < 1.29 is 30.9 Å². The first-order valence-electron chi connectivity index (χ1n) is 15.3. The quantitative estimate of drug-likeness (QED) is 0.181. The minimum absolute atomic E-state index is 0. The molecular weight excluding hydrogens is 750 g/mol. The second-order valence-electron chi connectivity index (χ2n) is 13.7. The number of phenolic OH excluding ortho intramolecular Hbond substituents is 1. The number of ether oxygens (including phenoxy) is 1. The Bertz CT molecular complexity index is 2220. The smallest absolute Gasteiger partial charge is 0.221 e. The number of aromatic hydroxyl groups is 1. The fourth-order valence-corrected chi connectivity index (χ4v) is 6.12. The monoisotopic (exact) mass is 785 g/mol. The van der Waals surface area contributed by atoms with Gasteiger partial charge in [0.2, 0.25) is 5.88 Å². The van der Waals surface area contributed by atoms with Crippen LogP contribution < -0.4 is 4.74 Å². The molecule has 0 aliphatic carbocycles. The second kappa shape index (κ2) is 11.7. The van der Waals surface area contributed by atoms with E-state index in [1.807, 2.05) is 48.7 Å². The van der Waals surface area contributed by atoms with Crippen LogP contribution in [0, 0.1) is 6.07 Å². The van der Waals surface area contributed by atoms with Crippen LogP contribution in [-0.4, -0.2) is 19.6 Å². The number of nitrogens with zero attached hydrogens (tertiary/aromatic N) is 3. The Labute approximate surface area is 284 Å². The second-order valence-corrected chi connectivity index (χ2v) is 13.7. The van der Waals surface area contributed by atoms with Crippen LogP contribution in [0.2, 0.25) is 0 Å². The van der Waals surface area contributed by atoms with Gasteiger partial charge in [-0.2, -0.15) is 6.07 Å². The maximum atomic E-state index is 10.9. The van der Waals surface area contributed by atoms with Gasteiger partial charge in [-0.15, -0.1) is 17.5 Å². The predicted octanol–water partition coefficient (Wildman–Crippen LogP) is 10.3. The van der Waals surface area contributed by atoms with Crippen molar-refractivity contribution in [2.24, 2.45) is 0 Å². The van der Waals surface area contributed by atoms with E-state index in [1.165, 1.54) is 0 Å². The van der Waals surface area contributed by atoms with Gasteiger partial charge >= 0.3 is 0 Å². The van der Waals surface area contributed by atoms with Crippen molar-refractivity contribution in [3.63, 3.8) is 0 Å². The fraction of sp³-hybridized carbons (Fsp3) is 0.200. The molecule has 0 atom stereocenters. The Morgan fingerprint density at radius 2 is 1.41 bits per heavy atom. The normalized spacial score (nSPS) is 12.0. The Balaban J connectivity index is 0.00000372. The number of phenols is 1. The van der Waals surface area contributed by atoms with Gasteiger partial charge in [-0.1, -0.05) is 102 Å². The van der Waals surface area contributed by atoms with Gasteiger partial charge in [0, 0.05) is 49.5 Å². The first-order valence-corrected chi connectivity index (χ1v) is 15.3. The molecule has 0 saturated heterocycles. The number of hydrogen-bond donors (Lipinski definition) is 1. The van der Waals surface area contributed by atoms with Crippen LogP contribution in [0.3, 0.4) is 0 Å². The molecule has 0 aliphatic rings. The van der Waals surface area contributed by atoms with E-state index < -0.39 is 0 Å². The number of rotatable bonds is 4. The van der Waals surface area contributed by atoms with E-state index in [9.17, 15) is 5.11 Å². The van der Waals surface area contributed by atoms with Crippen LogP contribution in [0.4, 0.5) is 0 Å². The molecule has 0 saturated carbocycles. The van der Waals surface area contributed by atoms with E-state index >= 15 is 0 Å². The van der Waals surface area contributed by atoms with E-state index in [1.54, 1.807) is 6.07 Å². The summed E-state index contributed by atoms with van der Waals surface area (Å²) < 4.78 is 8.74. The molecule has 0 unspecified atom stereocenters. The van der Waals surface area contributed by atoms with Gasteiger partial charge in [-0.3, -0.25) is 0 Å². The van der Waals surface area contributed by atoms with Gasteiger partial charge in [0.25, 0.3) is 0 Å². The van der Waals surface area contributed by atoms with Gasteiger partial charge in [0.05, 0.1) is 0 Å². The molecule has 3 aromatic heterocycles. The Kier molecular flexibility index (Phi) is 8.02. The fourth-order valence-electron chi connectivity index (χ4n) is 6.12. The van der Waals surface area contributed by atoms with Crippen molar-refractivity contribution in [3.8, 4) is 34.3 Å². The van der Waals surface area contributed by atoms with Crippen molar-refractivity contribution in [1.82, 2.24) is 14.5 Å². The molecule has 0 fully saturated rings. The number of aromatic nitrogens is 3. The molecule has 46 heavy (non-hydrogen) atoms. The van der Waals surface area contributed by atoms with Crippen LogP contribution in [-0.2, 0) is 31.9 Å². The first kappa shape index (κ1) is 31.5. The molecule has 0 spiro atoms. The molecule has 0 bridgehead atoms. The van der Waals surface area contributed by atoms with E-state index in [-0.39, 0.29) is 37.6 Å². The third-order valence-corrected chi connectivity index (χ3v) is 8.39. The van der Waals surface area contributed by atoms with Gasteiger partial charge in [0.15, 0.2) is 0 Å². The molecule has 7 rings (SSSR count).